The maximum atomic E-state index is 10.3. The molecule has 0 aromatic heterocycles. The van der Waals surface area contributed by atoms with Crippen LogP contribution in [0.2, 0.25) is 5.02 Å². The lowest BCUT2D eigenvalue weighted by Crippen LogP contribution is -3.16. The third-order valence-electron chi connectivity index (χ3n) is 4.68. The maximum Gasteiger partial charge on any atom is 0.137 e. The van der Waals surface area contributed by atoms with Crippen molar-refractivity contribution in [1.82, 2.24) is 0 Å². The summed E-state index contributed by atoms with van der Waals surface area (Å²) in [5.41, 5.74) is 2.27. The van der Waals surface area contributed by atoms with Crippen molar-refractivity contribution in [3.05, 3.63) is 59.1 Å². The van der Waals surface area contributed by atoms with Gasteiger partial charge in [0.1, 0.15) is 25.0 Å². The number of hydrogen-bond acceptors (Lipinski definition) is 3. The van der Waals surface area contributed by atoms with Crippen LogP contribution in [0.3, 0.4) is 0 Å². The second-order valence-electron chi connectivity index (χ2n) is 6.65. The highest BCUT2D eigenvalue weighted by Gasteiger charge is 2.22. The van der Waals surface area contributed by atoms with E-state index >= 15 is 0 Å². The first-order valence-corrected chi connectivity index (χ1v) is 9.20. The van der Waals surface area contributed by atoms with E-state index in [1.165, 1.54) is 10.6 Å². The second-order valence-corrected chi connectivity index (χ2v) is 7.09. The molecule has 0 amide bonds. The van der Waals surface area contributed by atoms with Crippen LogP contribution in [0.15, 0.2) is 48.5 Å². The lowest BCUT2D eigenvalue weighted by atomic mass is 10.2. The van der Waals surface area contributed by atoms with Gasteiger partial charge in [-0.25, -0.2) is 0 Å². The molecule has 0 saturated carbocycles. The van der Waals surface area contributed by atoms with Crippen LogP contribution in [-0.2, 0) is 0 Å². The van der Waals surface area contributed by atoms with Gasteiger partial charge in [0, 0.05) is 10.7 Å². The summed E-state index contributed by atoms with van der Waals surface area (Å²) in [5.74, 6) is 0.785. The van der Waals surface area contributed by atoms with Gasteiger partial charge >= 0.3 is 0 Å². The van der Waals surface area contributed by atoms with Gasteiger partial charge in [-0.1, -0.05) is 29.8 Å². The molecule has 1 atom stereocenters. The minimum Gasteiger partial charge on any atom is -0.490 e. The number of quaternary nitrogens is 1. The summed E-state index contributed by atoms with van der Waals surface area (Å²) in [6.07, 6.45) is -0.464. The number of halogens is 1. The maximum absolute atomic E-state index is 10.3. The van der Waals surface area contributed by atoms with Gasteiger partial charge in [0.15, 0.2) is 0 Å². The van der Waals surface area contributed by atoms with Crippen LogP contribution in [0.4, 0.5) is 5.69 Å². The van der Waals surface area contributed by atoms with Crippen LogP contribution in [0.25, 0.3) is 0 Å². The second kappa shape index (κ2) is 8.56. The Bertz CT molecular complexity index is 673. The number of aryl methyl sites for hydroxylation is 1. The molecule has 1 fully saturated rings. The van der Waals surface area contributed by atoms with E-state index in [1.807, 2.05) is 31.2 Å². The van der Waals surface area contributed by atoms with Gasteiger partial charge in [-0.3, -0.25) is 0 Å². The Morgan fingerprint density at radius 2 is 1.88 bits per heavy atom. The quantitative estimate of drug-likeness (QED) is 0.823. The highest BCUT2D eigenvalue weighted by Crippen LogP contribution is 2.21. The number of benzene rings is 2. The fourth-order valence-corrected chi connectivity index (χ4v) is 3.50. The molecule has 1 aliphatic heterocycles. The highest BCUT2D eigenvalue weighted by molar-refractivity contribution is 6.30. The summed E-state index contributed by atoms with van der Waals surface area (Å²) in [7, 11) is 0. The van der Waals surface area contributed by atoms with E-state index in [1.54, 1.807) is 0 Å². The molecular weight excluding hydrogens is 336 g/mol. The van der Waals surface area contributed by atoms with Gasteiger partial charge in [-0.15, -0.1) is 0 Å². The topological polar surface area (TPSA) is 37.1 Å². The summed E-state index contributed by atoms with van der Waals surface area (Å²) in [6, 6.07) is 16.0. The number of nitrogens with one attached hydrogen (secondary N) is 1. The fraction of sp³-hybridized carbons (Fsp3) is 0.400. The van der Waals surface area contributed by atoms with Crippen LogP contribution < -0.4 is 14.5 Å². The van der Waals surface area contributed by atoms with E-state index in [0.29, 0.717) is 11.6 Å². The predicted octanol–water partition coefficient (Wildman–Crippen LogP) is 1.79. The van der Waals surface area contributed by atoms with Gasteiger partial charge in [0.25, 0.3) is 0 Å². The Balaban J connectivity index is 1.42. The average Bonchev–Trinajstić information content (AvgIpc) is 2.62. The van der Waals surface area contributed by atoms with Gasteiger partial charge < -0.3 is 19.6 Å². The van der Waals surface area contributed by atoms with E-state index < -0.39 is 6.10 Å². The van der Waals surface area contributed by atoms with Crippen molar-refractivity contribution in [2.45, 2.75) is 13.0 Å². The number of anilines is 1. The SMILES string of the molecule is Cc1cc(Cl)ccc1OC[C@@H](O)C[NH+]1CCN(c2ccccc2)CC1. The number of aliphatic hydroxyl groups excluding tert-OH is 1. The number of aliphatic hydroxyl groups is 1. The molecule has 5 heteroatoms. The fourth-order valence-electron chi connectivity index (χ4n) is 3.28. The largest absolute Gasteiger partial charge is 0.490 e. The molecule has 0 unspecified atom stereocenters. The summed E-state index contributed by atoms with van der Waals surface area (Å²) >= 11 is 5.95. The first-order chi connectivity index (χ1) is 12.1. The highest BCUT2D eigenvalue weighted by atomic mass is 35.5. The standard InChI is InChI=1S/C20H25ClN2O2/c1-16-13-17(21)7-8-20(16)25-15-19(24)14-22-9-11-23(12-10-22)18-5-3-2-4-6-18/h2-8,13,19,24H,9-12,14-15H2,1H3/p+1/t19-/m0/s1. The summed E-state index contributed by atoms with van der Waals surface area (Å²) < 4.78 is 5.75. The predicted molar refractivity (Wildman–Crippen MR) is 102 cm³/mol. The van der Waals surface area contributed by atoms with Gasteiger partial charge in [-0.2, -0.15) is 0 Å². The lowest BCUT2D eigenvalue weighted by Gasteiger charge is -2.34. The summed E-state index contributed by atoms with van der Waals surface area (Å²) in [5, 5.41) is 11.0. The van der Waals surface area contributed by atoms with Crippen molar-refractivity contribution in [2.24, 2.45) is 0 Å². The number of piperazine rings is 1. The van der Waals surface area contributed by atoms with Gasteiger partial charge in [0.2, 0.25) is 0 Å². The molecule has 2 aromatic rings. The Labute approximate surface area is 154 Å². The molecule has 134 valence electrons. The molecule has 2 N–H and O–H groups in total. The van der Waals surface area contributed by atoms with E-state index in [2.05, 4.69) is 29.2 Å². The van der Waals surface area contributed by atoms with Crippen LogP contribution in [0.1, 0.15) is 5.56 Å². The number of hydrogen-bond donors (Lipinski definition) is 2. The molecule has 0 spiro atoms. The smallest absolute Gasteiger partial charge is 0.137 e. The van der Waals surface area contributed by atoms with Crippen LogP contribution in [0, 0.1) is 6.92 Å². The van der Waals surface area contributed by atoms with Crippen LogP contribution in [-0.4, -0.2) is 50.5 Å². The summed E-state index contributed by atoms with van der Waals surface area (Å²) in [4.78, 5) is 3.83. The van der Waals surface area contributed by atoms with E-state index in [4.69, 9.17) is 16.3 Å². The molecule has 1 heterocycles. The van der Waals surface area contributed by atoms with Crippen LogP contribution >= 0.6 is 11.6 Å². The van der Waals surface area contributed by atoms with Gasteiger partial charge in [-0.05, 0) is 42.8 Å². The lowest BCUT2D eigenvalue weighted by molar-refractivity contribution is -0.903. The zero-order chi connectivity index (χ0) is 17.6. The molecule has 1 aliphatic rings. The Hall–Kier alpha value is -1.75. The summed E-state index contributed by atoms with van der Waals surface area (Å²) in [6.45, 7) is 7.09. The number of ether oxygens (including phenoxy) is 1. The average molecular weight is 362 g/mol. The van der Waals surface area contributed by atoms with Crippen molar-refractivity contribution in [3.63, 3.8) is 0 Å². The van der Waals surface area contributed by atoms with E-state index in [0.717, 1.165) is 44.0 Å². The van der Waals surface area contributed by atoms with Crippen molar-refractivity contribution in [2.75, 3.05) is 44.2 Å². The van der Waals surface area contributed by atoms with Crippen molar-refractivity contribution in [1.29, 1.82) is 0 Å². The molecule has 4 nitrogen and oxygen atoms in total. The molecule has 1 saturated heterocycles. The zero-order valence-corrected chi connectivity index (χ0v) is 15.4. The first-order valence-electron chi connectivity index (χ1n) is 8.82. The Morgan fingerprint density at radius 3 is 2.56 bits per heavy atom. The van der Waals surface area contributed by atoms with Gasteiger partial charge in [0.05, 0.1) is 26.2 Å². The number of rotatable bonds is 6. The zero-order valence-electron chi connectivity index (χ0n) is 14.6. The Kier molecular flexibility index (Phi) is 6.19. The minimum absolute atomic E-state index is 0.314. The monoisotopic (exact) mass is 361 g/mol. The van der Waals surface area contributed by atoms with E-state index in [-0.39, 0.29) is 0 Å². The van der Waals surface area contributed by atoms with E-state index in [9.17, 15) is 5.11 Å². The number of para-hydroxylation sites is 1. The van der Waals surface area contributed by atoms with Crippen molar-refractivity contribution >= 4 is 17.3 Å². The molecule has 2 aromatic carbocycles. The van der Waals surface area contributed by atoms with Crippen molar-refractivity contribution in [3.8, 4) is 5.75 Å². The molecular formula is C20H26ClN2O2+. The Morgan fingerprint density at radius 1 is 1.16 bits per heavy atom. The van der Waals surface area contributed by atoms with Crippen molar-refractivity contribution < 1.29 is 14.7 Å². The normalized spacial score (nSPS) is 16.7. The molecule has 0 aliphatic carbocycles. The molecule has 25 heavy (non-hydrogen) atoms. The molecule has 0 bridgehead atoms. The third-order valence-corrected chi connectivity index (χ3v) is 4.92. The third kappa shape index (κ3) is 5.11. The van der Waals surface area contributed by atoms with Crippen LogP contribution in [0.5, 0.6) is 5.75 Å². The molecule has 3 rings (SSSR count). The molecule has 0 radical (unpaired) electrons. The number of nitrogens with zero attached hydrogens (tertiary/aromatic N) is 1. The minimum atomic E-state index is -0.464. The first kappa shape index (κ1) is 18.1.